The normalized spacial score (nSPS) is 11.2. The summed E-state index contributed by atoms with van der Waals surface area (Å²) in [7, 11) is 0. The third-order valence-corrected chi connectivity index (χ3v) is 5.56. The molecular weight excluding hydrogens is 451 g/mol. The fraction of sp³-hybridized carbons (Fsp3) is 0.130. The van der Waals surface area contributed by atoms with E-state index in [0.29, 0.717) is 22.5 Å². The molecule has 10 heteroatoms. The van der Waals surface area contributed by atoms with Crippen LogP contribution in [0.3, 0.4) is 0 Å². The van der Waals surface area contributed by atoms with Crippen LogP contribution in [0.2, 0.25) is 0 Å². The van der Waals surface area contributed by atoms with Gasteiger partial charge in [0.1, 0.15) is 16.9 Å². The molecule has 0 radical (unpaired) electrons. The van der Waals surface area contributed by atoms with Crippen LogP contribution in [0.15, 0.2) is 67.3 Å². The van der Waals surface area contributed by atoms with Crippen molar-refractivity contribution < 1.29 is 17.9 Å². The minimum Gasteiger partial charge on any atom is -0.437 e. The van der Waals surface area contributed by atoms with Crippen LogP contribution < -0.4 is 4.74 Å². The van der Waals surface area contributed by atoms with E-state index in [0.717, 1.165) is 27.4 Å². The second-order valence-corrected chi connectivity index (χ2v) is 7.56. The van der Waals surface area contributed by atoms with Crippen molar-refractivity contribution in [3.63, 3.8) is 0 Å². The number of nitrogens with zero attached hydrogens (tertiary/aromatic N) is 4. The Hall–Kier alpha value is -3.79. The largest absolute Gasteiger partial charge is 0.437 e. The summed E-state index contributed by atoms with van der Waals surface area (Å²) in [6, 6.07) is 11.9. The molecule has 0 spiro atoms. The summed E-state index contributed by atoms with van der Waals surface area (Å²) in [6.45, 7) is 4.00. The first-order chi connectivity index (χ1) is 16.0. The molecule has 3 heterocycles. The summed E-state index contributed by atoms with van der Waals surface area (Å²) in [5, 5.41) is 7.51. The number of thiazole rings is 1. The zero-order chi connectivity index (χ0) is 23.4. The Morgan fingerprint density at radius 1 is 0.970 bits per heavy atom. The Balaban J connectivity index is 0.00000126. The average molecular weight is 469 g/mol. The lowest BCUT2D eigenvalue weighted by Crippen LogP contribution is -2.04. The van der Waals surface area contributed by atoms with Crippen molar-refractivity contribution in [2.45, 2.75) is 20.0 Å². The molecule has 1 N–H and O–H groups in total. The predicted molar refractivity (Wildman–Crippen MR) is 121 cm³/mol. The molecule has 0 aliphatic carbocycles. The summed E-state index contributed by atoms with van der Waals surface area (Å²) in [6.07, 6.45) is 0.373. The molecule has 3 aromatic heterocycles. The number of halogens is 3. The summed E-state index contributed by atoms with van der Waals surface area (Å²) < 4.78 is 45.3. The fourth-order valence-corrected chi connectivity index (χ4v) is 3.96. The minimum absolute atomic E-state index is 0.259. The molecule has 0 aliphatic heterocycles. The predicted octanol–water partition coefficient (Wildman–Crippen LogP) is 6.98. The maximum Gasteiger partial charge on any atom is 0.416 e. The molecule has 0 bridgehead atoms. The van der Waals surface area contributed by atoms with Gasteiger partial charge in [-0.1, -0.05) is 32.0 Å². The number of rotatable bonds is 4. The van der Waals surface area contributed by atoms with Crippen LogP contribution in [0, 0.1) is 0 Å². The zero-order valence-electron chi connectivity index (χ0n) is 17.6. The first-order valence-electron chi connectivity index (χ1n) is 10.0. The van der Waals surface area contributed by atoms with Gasteiger partial charge < -0.3 is 4.74 Å². The second kappa shape index (κ2) is 9.37. The quantitative estimate of drug-likeness (QED) is 0.307. The number of aromatic amines is 1. The molecule has 2 aromatic carbocycles. The molecule has 6 nitrogen and oxygen atoms in total. The number of hydrogen-bond donors (Lipinski definition) is 1. The van der Waals surface area contributed by atoms with E-state index < -0.39 is 11.7 Å². The lowest BCUT2D eigenvalue weighted by molar-refractivity contribution is -0.137. The van der Waals surface area contributed by atoms with Gasteiger partial charge in [-0.3, -0.25) is 5.10 Å². The van der Waals surface area contributed by atoms with Crippen molar-refractivity contribution in [2.24, 2.45) is 0 Å². The molecule has 5 rings (SSSR count). The van der Waals surface area contributed by atoms with Gasteiger partial charge in [0.25, 0.3) is 0 Å². The summed E-state index contributed by atoms with van der Waals surface area (Å²) >= 11 is 1.51. The average Bonchev–Trinajstić information content (AvgIpc) is 3.51. The maximum atomic E-state index is 12.8. The van der Waals surface area contributed by atoms with Crippen molar-refractivity contribution in [3.8, 4) is 33.5 Å². The van der Waals surface area contributed by atoms with E-state index in [9.17, 15) is 13.2 Å². The van der Waals surface area contributed by atoms with Gasteiger partial charge >= 0.3 is 6.18 Å². The lowest BCUT2D eigenvalue weighted by Gasteiger charge is -2.09. The van der Waals surface area contributed by atoms with Crippen LogP contribution in [0.4, 0.5) is 13.2 Å². The Morgan fingerprint density at radius 2 is 1.76 bits per heavy atom. The summed E-state index contributed by atoms with van der Waals surface area (Å²) in [5.74, 6) is 0.774. The van der Waals surface area contributed by atoms with Crippen molar-refractivity contribution in [1.82, 2.24) is 25.1 Å². The molecule has 0 fully saturated rings. The number of para-hydroxylation sites is 1. The molecule has 0 saturated heterocycles. The molecule has 0 unspecified atom stereocenters. The highest BCUT2D eigenvalue weighted by Gasteiger charge is 2.30. The van der Waals surface area contributed by atoms with Gasteiger partial charge in [0, 0.05) is 23.4 Å². The van der Waals surface area contributed by atoms with Gasteiger partial charge in [0.15, 0.2) is 5.75 Å². The van der Waals surface area contributed by atoms with Gasteiger partial charge in [-0.25, -0.2) is 15.0 Å². The Morgan fingerprint density at radius 3 is 2.45 bits per heavy atom. The van der Waals surface area contributed by atoms with Crippen LogP contribution in [0.1, 0.15) is 19.4 Å². The van der Waals surface area contributed by atoms with Crippen LogP contribution in [-0.2, 0) is 6.18 Å². The van der Waals surface area contributed by atoms with E-state index >= 15 is 0 Å². The number of H-pyrrole nitrogens is 1. The molecule has 168 valence electrons. The summed E-state index contributed by atoms with van der Waals surface area (Å²) in [4.78, 5) is 12.9. The maximum absolute atomic E-state index is 12.8. The first kappa shape index (κ1) is 22.4. The first-order valence-corrected chi connectivity index (χ1v) is 10.9. The highest BCUT2D eigenvalue weighted by molar-refractivity contribution is 7.21. The monoisotopic (exact) mass is 469 g/mol. The molecular formula is C23H18F3N5OS. The van der Waals surface area contributed by atoms with Crippen LogP contribution in [-0.4, -0.2) is 25.1 Å². The summed E-state index contributed by atoms with van der Waals surface area (Å²) in [5.41, 5.74) is 1.81. The number of nitrogens with one attached hydrogen (secondary N) is 1. The van der Waals surface area contributed by atoms with E-state index in [1.54, 1.807) is 24.5 Å². The van der Waals surface area contributed by atoms with Gasteiger partial charge in [-0.15, -0.1) is 11.3 Å². The van der Waals surface area contributed by atoms with Crippen LogP contribution in [0.5, 0.6) is 11.6 Å². The molecule has 0 aliphatic rings. The van der Waals surface area contributed by atoms with Gasteiger partial charge in [0.05, 0.1) is 22.2 Å². The number of benzene rings is 2. The lowest BCUT2D eigenvalue weighted by atomic mass is 10.1. The smallest absolute Gasteiger partial charge is 0.416 e. The van der Waals surface area contributed by atoms with Gasteiger partial charge in [-0.2, -0.15) is 18.3 Å². The highest BCUT2D eigenvalue weighted by Crippen LogP contribution is 2.36. The highest BCUT2D eigenvalue weighted by atomic mass is 32.1. The van der Waals surface area contributed by atoms with E-state index in [-0.39, 0.29) is 5.88 Å². The Labute approximate surface area is 191 Å². The third kappa shape index (κ3) is 4.85. The van der Waals surface area contributed by atoms with Crippen LogP contribution in [0.25, 0.3) is 32.0 Å². The number of aromatic nitrogens is 5. The fourth-order valence-electron chi connectivity index (χ4n) is 2.99. The number of ether oxygens (including phenoxy) is 1. The molecule has 33 heavy (non-hydrogen) atoms. The van der Waals surface area contributed by atoms with Crippen molar-refractivity contribution >= 4 is 21.6 Å². The molecule has 0 amide bonds. The van der Waals surface area contributed by atoms with Gasteiger partial charge in [0.2, 0.25) is 5.88 Å². The van der Waals surface area contributed by atoms with Crippen molar-refractivity contribution in [3.05, 3.63) is 72.8 Å². The number of alkyl halides is 3. The third-order valence-electron chi connectivity index (χ3n) is 4.49. The minimum atomic E-state index is -4.39. The number of fused-ring (bicyclic) bond motifs is 1. The standard InChI is InChI=1S/C21H12F3N5OS.C2H6/c22-21(23,24)14-6-4-12(5-7-14)15-8-18(26-11-25-15)30-16-2-1-3-17-19(16)29-20(31-17)13-9-27-28-10-13;1-2/h1-11H,(H,27,28);1-2H3. The second-order valence-electron chi connectivity index (χ2n) is 6.53. The van der Waals surface area contributed by atoms with E-state index in [1.165, 1.54) is 29.8 Å². The van der Waals surface area contributed by atoms with Crippen molar-refractivity contribution in [1.29, 1.82) is 0 Å². The van der Waals surface area contributed by atoms with Crippen LogP contribution >= 0.6 is 11.3 Å². The SMILES string of the molecule is CC.FC(F)(F)c1ccc(-c2cc(Oc3cccc4sc(-c5cn[nH]c5)nc34)ncn2)cc1. The molecule has 5 aromatic rings. The zero-order valence-corrected chi connectivity index (χ0v) is 18.4. The Bertz CT molecular complexity index is 1350. The topological polar surface area (TPSA) is 76.6 Å². The molecule has 0 saturated carbocycles. The van der Waals surface area contributed by atoms with Crippen molar-refractivity contribution in [2.75, 3.05) is 0 Å². The van der Waals surface area contributed by atoms with E-state index in [1.807, 2.05) is 26.0 Å². The Kier molecular flexibility index (Phi) is 6.36. The molecule has 0 atom stereocenters. The number of hydrogen-bond acceptors (Lipinski definition) is 6. The van der Waals surface area contributed by atoms with E-state index in [2.05, 4.69) is 25.1 Å². The van der Waals surface area contributed by atoms with E-state index in [4.69, 9.17) is 4.74 Å². The van der Waals surface area contributed by atoms with Gasteiger partial charge in [-0.05, 0) is 24.3 Å².